The van der Waals surface area contributed by atoms with Crippen LogP contribution in [0.2, 0.25) is 0 Å². The van der Waals surface area contributed by atoms with Crippen molar-refractivity contribution in [2.24, 2.45) is 4.99 Å². The topological polar surface area (TPSA) is 63.5 Å². The predicted octanol–water partition coefficient (Wildman–Crippen LogP) is 2.66. The minimum Gasteiger partial charge on any atom is -0.489 e. The summed E-state index contributed by atoms with van der Waals surface area (Å²) in [6.45, 7) is 4.15. The number of aliphatic imine (C=N–C) groups is 1. The van der Waals surface area contributed by atoms with Gasteiger partial charge in [-0.05, 0) is 18.6 Å². The van der Waals surface area contributed by atoms with Gasteiger partial charge in [0.05, 0.1) is 12.9 Å². The molecule has 0 amide bonds. The summed E-state index contributed by atoms with van der Waals surface area (Å²) in [6, 6.07) is 6.18. The minimum atomic E-state index is -0.299. The van der Waals surface area contributed by atoms with Crippen LogP contribution in [0.4, 0.5) is 4.39 Å². The second-order valence-electron chi connectivity index (χ2n) is 5.29. The summed E-state index contributed by atoms with van der Waals surface area (Å²) < 4.78 is 21.0. The van der Waals surface area contributed by atoms with Crippen LogP contribution in [-0.4, -0.2) is 41.8 Å². The highest BCUT2D eigenvalue weighted by molar-refractivity contribution is 14.0. The van der Waals surface area contributed by atoms with E-state index < -0.39 is 0 Å². The summed E-state index contributed by atoms with van der Waals surface area (Å²) in [5, 5.41) is 6.47. The van der Waals surface area contributed by atoms with Gasteiger partial charge in [-0.2, -0.15) is 0 Å². The van der Waals surface area contributed by atoms with E-state index >= 15 is 0 Å². The van der Waals surface area contributed by atoms with E-state index in [-0.39, 0.29) is 35.9 Å². The molecule has 0 aliphatic heterocycles. The number of aromatic nitrogens is 2. The average Bonchev–Trinajstić information content (AvgIpc) is 3.10. The van der Waals surface area contributed by atoms with Gasteiger partial charge < -0.3 is 19.9 Å². The molecule has 138 valence electrons. The Morgan fingerprint density at radius 1 is 1.40 bits per heavy atom. The van der Waals surface area contributed by atoms with Gasteiger partial charge in [-0.25, -0.2) is 9.37 Å². The molecule has 0 saturated heterocycles. The highest BCUT2D eigenvalue weighted by Gasteiger charge is 2.09. The van der Waals surface area contributed by atoms with E-state index in [1.807, 2.05) is 17.7 Å². The summed E-state index contributed by atoms with van der Waals surface area (Å²) >= 11 is 0. The van der Waals surface area contributed by atoms with Crippen molar-refractivity contribution in [3.05, 3.63) is 48.8 Å². The van der Waals surface area contributed by atoms with Gasteiger partial charge in [-0.3, -0.25) is 4.99 Å². The fourth-order valence-electron chi connectivity index (χ4n) is 2.16. The average molecular weight is 461 g/mol. The monoisotopic (exact) mass is 461 g/mol. The highest BCUT2D eigenvalue weighted by atomic mass is 127. The summed E-state index contributed by atoms with van der Waals surface area (Å²) in [5.41, 5.74) is 0. The van der Waals surface area contributed by atoms with Gasteiger partial charge in [-0.1, -0.05) is 13.0 Å². The van der Waals surface area contributed by atoms with Crippen molar-refractivity contribution >= 4 is 29.9 Å². The number of halogens is 2. The van der Waals surface area contributed by atoms with Crippen molar-refractivity contribution in [1.29, 1.82) is 0 Å². The molecule has 1 aromatic carbocycles. The minimum absolute atomic E-state index is 0. The second kappa shape index (κ2) is 11.7. The molecule has 2 N–H and O–H groups in total. The maximum Gasteiger partial charge on any atom is 0.191 e. The number of hydrogen-bond acceptors (Lipinski definition) is 3. The van der Waals surface area contributed by atoms with Gasteiger partial charge in [-0.15, -0.1) is 24.0 Å². The fraction of sp³-hybridized carbons (Fsp3) is 0.412. The molecule has 0 saturated carbocycles. The number of nitrogens with one attached hydrogen (secondary N) is 2. The Bertz CT molecular complexity index is 636. The number of ether oxygens (including phenoxy) is 1. The third-order valence-electron chi connectivity index (χ3n) is 3.50. The summed E-state index contributed by atoms with van der Waals surface area (Å²) in [6.07, 6.45) is 6.17. The molecule has 1 atom stereocenters. The van der Waals surface area contributed by atoms with Crippen molar-refractivity contribution in [2.45, 2.75) is 26.0 Å². The molecule has 2 aromatic rings. The summed E-state index contributed by atoms with van der Waals surface area (Å²) in [7, 11) is 1.72. The Balaban J connectivity index is 0.00000312. The zero-order valence-corrected chi connectivity index (χ0v) is 16.8. The Hall–Kier alpha value is -1.84. The molecule has 0 aliphatic rings. The van der Waals surface area contributed by atoms with Crippen molar-refractivity contribution < 1.29 is 9.13 Å². The smallest absolute Gasteiger partial charge is 0.191 e. The Morgan fingerprint density at radius 3 is 2.88 bits per heavy atom. The first-order valence-corrected chi connectivity index (χ1v) is 8.03. The van der Waals surface area contributed by atoms with E-state index in [1.54, 1.807) is 31.7 Å². The summed E-state index contributed by atoms with van der Waals surface area (Å²) in [5.74, 6) is 0.940. The Labute approximate surface area is 164 Å². The quantitative estimate of drug-likeness (QED) is 0.361. The molecule has 0 aliphatic carbocycles. The van der Waals surface area contributed by atoms with Gasteiger partial charge in [0.25, 0.3) is 0 Å². The lowest BCUT2D eigenvalue weighted by molar-refractivity contribution is 0.199. The van der Waals surface area contributed by atoms with Gasteiger partial charge in [0.1, 0.15) is 17.7 Å². The molecular formula is C17H25FIN5O. The molecule has 8 heteroatoms. The number of nitrogens with zero attached hydrogens (tertiary/aromatic N) is 3. The highest BCUT2D eigenvalue weighted by Crippen LogP contribution is 2.14. The number of benzene rings is 1. The molecule has 6 nitrogen and oxygen atoms in total. The first-order chi connectivity index (χ1) is 11.7. The van der Waals surface area contributed by atoms with Crippen LogP contribution in [0.3, 0.4) is 0 Å². The molecule has 1 unspecified atom stereocenters. The van der Waals surface area contributed by atoms with Crippen LogP contribution < -0.4 is 15.4 Å². The van der Waals surface area contributed by atoms with Gasteiger partial charge in [0.2, 0.25) is 0 Å². The second-order valence-corrected chi connectivity index (χ2v) is 5.29. The molecule has 0 bridgehead atoms. The van der Waals surface area contributed by atoms with Crippen LogP contribution in [0, 0.1) is 5.82 Å². The van der Waals surface area contributed by atoms with Gasteiger partial charge in [0.15, 0.2) is 5.96 Å². The number of imidazole rings is 1. The fourth-order valence-corrected chi connectivity index (χ4v) is 2.16. The molecule has 2 rings (SSSR count). The maximum atomic E-state index is 13.2. The third kappa shape index (κ3) is 7.72. The Kier molecular flexibility index (Phi) is 9.90. The van der Waals surface area contributed by atoms with Crippen molar-refractivity contribution in [3.8, 4) is 5.75 Å². The summed E-state index contributed by atoms with van der Waals surface area (Å²) in [4.78, 5) is 8.19. The van der Waals surface area contributed by atoms with Crippen LogP contribution in [-0.2, 0) is 6.54 Å². The normalized spacial score (nSPS) is 12.2. The van der Waals surface area contributed by atoms with Gasteiger partial charge in [0, 0.05) is 38.6 Å². The molecule has 0 radical (unpaired) electrons. The standard InChI is InChI=1S/C17H24FN5O.HI/c1-3-15(24-16-6-4-5-14(18)11-16)12-22-17(19-2)21-8-10-23-9-7-20-13-23;/h4-7,9,11,13,15H,3,8,10,12H2,1-2H3,(H2,19,21,22);1H. The molecule has 0 spiro atoms. The van der Waals surface area contributed by atoms with E-state index in [2.05, 4.69) is 20.6 Å². The molecule has 1 aromatic heterocycles. The zero-order chi connectivity index (χ0) is 17.2. The number of guanidine groups is 1. The van der Waals surface area contributed by atoms with Crippen molar-refractivity contribution in [1.82, 2.24) is 20.2 Å². The van der Waals surface area contributed by atoms with Crippen molar-refractivity contribution in [3.63, 3.8) is 0 Å². The van der Waals surface area contributed by atoms with Crippen LogP contribution in [0.25, 0.3) is 0 Å². The zero-order valence-electron chi connectivity index (χ0n) is 14.5. The first-order valence-electron chi connectivity index (χ1n) is 8.03. The lowest BCUT2D eigenvalue weighted by Gasteiger charge is -2.20. The van der Waals surface area contributed by atoms with Gasteiger partial charge >= 0.3 is 0 Å². The molecule has 1 heterocycles. The predicted molar refractivity (Wildman–Crippen MR) is 108 cm³/mol. The third-order valence-corrected chi connectivity index (χ3v) is 3.50. The molecular weight excluding hydrogens is 436 g/mol. The van der Waals surface area contributed by atoms with Crippen LogP contribution in [0.15, 0.2) is 48.0 Å². The number of hydrogen-bond donors (Lipinski definition) is 2. The number of rotatable bonds is 8. The van der Waals surface area contributed by atoms with Crippen LogP contribution >= 0.6 is 24.0 Å². The van der Waals surface area contributed by atoms with Crippen molar-refractivity contribution in [2.75, 3.05) is 20.1 Å². The van der Waals surface area contributed by atoms with Crippen LogP contribution in [0.5, 0.6) is 5.75 Å². The lowest BCUT2D eigenvalue weighted by Crippen LogP contribution is -2.43. The molecule has 0 fully saturated rings. The maximum absolute atomic E-state index is 13.2. The lowest BCUT2D eigenvalue weighted by atomic mass is 10.2. The van der Waals surface area contributed by atoms with E-state index in [4.69, 9.17) is 4.74 Å². The molecule has 25 heavy (non-hydrogen) atoms. The van der Waals surface area contributed by atoms with E-state index in [9.17, 15) is 4.39 Å². The van der Waals surface area contributed by atoms with E-state index in [0.29, 0.717) is 18.3 Å². The van der Waals surface area contributed by atoms with E-state index in [0.717, 1.165) is 19.5 Å². The first kappa shape index (κ1) is 21.2. The van der Waals surface area contributed by atoms with Crippen LogP contribution in [0.1, 0.15) is 13.3 Å². The largest absolute Gasteiger partial charge is 0.489 e. The SMILES string of the molecule is CCC(CNC(=NC)NCCn1ccnc1)Oc1cccc(F)c1.I. The van der Waals surface area contributed by atoms with E-state index in [1.165, 1.54) is 12.1 Å². The Morgan fingerprint density at radius 2 is 2.24 bits per heavy atom.